The van der Waals surface area contributed by atoms with Gasteiger partial charge in [-0.3, -0.25) is 0 Å². The Labute approximate surface area is 124 Å². The summed E-state index contributed by atoms with van der Waals surface area (Å²) >= 11 is 3.44. The minimum absolute atomic E-state index is 0.254. The second kappa shape index (κ2) is 5.04. The van der Waals surface area contributed by atoms with Gasteiger partial charge in [-0.05, 0) is 52.2 Å². The first-order valence-corrected chi connectivity index (χ1v) is 7.05. The lowest BCUT2D eigenvalue weighted by Crippen LogP contribution is -2.11. The number of fused-ring (bicyclic) bond motifs is 1. The molecule has 3 rings (SSSR count). The zero-order valence-electron chi connectivity index (χ0n) is 10.9. The van der Waals surface area contributed by atoms with Gasteiger partial charge in [-0.15, -0.1) is 0 Å². The largest absolute Gasteiger partial charge is 0.458 e. The summed E-state index contributed by atoms with van der Waals surface area (Å²) in [4.78, 5) is 0. The first kappa shape index (κ1) is 13.3. The van der Waals surface area contributed by atoms with Crippen molar-refractivity contribution in [1.82, 2.24) is 0 Å². The Hall–Kier alpha value is -1.65. The zero-order chi connectivity index (χ0) is 14.3. The van der Waals surface area contributed by atoms with Crippen LogP contribution in [0.4, 0.5) is 4.39 Å². The molecule has 0 spiro atoms. The molecule has 1 heterocycles. The summed E-state index contributed by atoms with van der Waals surface area (Å²) in [6.45, 7) is 1.73. The third-order valence-corrected chi connectivity index (χ3v) is 4.00. The van der Waals surface area contributed by atoms with Crippen LogP contribution in [-0.4, -0.2) is 0 Å². The summed E-state index contributed by atoms with van der Waals surface area (Å²) in [6.07, 6.45) is 0. The molecule has 2 N–H and O–H groups in total. The number of halogens is 2. The van der Waals surface area contributed by atoms with E-state index >= 15 is 0 Å². The third kappa shape index (κ3) is 2.25. The Bertz CT molecular complexity index is 781. The van der Waals surface area contributed by atoms with Crippen LogP contribution in [0.5, 0.6) is 0 Å². The summed E-state index contributed by atoms with van der Waals surface area (Å²) in [5.41, 5.74) is 8.23. The van der Waals surface area contributed by atoms with Crippen LogP contribution >= 0.6 is 15.9 Å². The smallest absolute Gasteiger partial charge is 0.148 e. The lowest BCUT2D eigenvalue weighted by Gasteiger charge is -2.09. The highest BCUT2D eigenvalue weighted by Crippen LogP contribution is 2.31. The lowest BCUT2D eigenvalue weighted by atomic mass is 10.0. The van der Waals surface area contributed by atoms with E-state index in [0.717, 1.165) is 15.4 Å². The molecule has 0 saturated carbocycles. The molecule has 20 heavy (non-hydrogen) atoms. The van der Waals surface area contributed by atoms with Crippen molar-refractivity contribution in [3.05, 3.63) is 69.6 Å². The highest BCUT2D eigenvalue weighted by molar-refractivity contribution is 9.10. The standard InChI is InChI=1S/C16H13BrFNO/c1-9-5-6-10(7-13(9)18)15(19)14-8-11-3-2-4-12(17)16(11)20-14/h2-8,15H,19H2,1H3. The van der Waals surface area contributed by atoms with Crippen LogP contribution in [0.25, 0.3) is 11.0 Å². The van der Waals surface area contributed by atoms with Gasteiger partial charge in [0.1, 0.15) is 17.2 Å². The number of aryl methyl sites for hydroxylation is 1. The molecule has 3 aromatic rings. The number of nitrogens with two attached hydrogens (primary N) is 1. The Balaban J connectivity index is 2.05. The number of hydrogen-bond donors (Lipinski definition) is 1. The number of hydrogen-bond acceptors (Lipinski definition) is 2. The number of benzene rings is 2. The van der Waals surface area contributed by atoms with Crippen molar-refractivity contribution in [3.8, 4) is 0 Å². The van der Waals surface area contributed by atoms with Gasteiger partial charge in [-0.2, -0.15) is 0 Å². The van der Waals surface area contributed by atoms with E-state index in [-0.39, 0.29) is 5.82 Å². The normalized spacial score (nSPS) is 12.8. The molecular formula is C16H13BrFNO. The molecule has 0 aliphatic heterocycles. The molecule has 0 fully saturated rings. The van der Waals surface area contributed by atoms with Gasteiger partial charge in [-0.1, -0.05) is 24.3 Å². The van der Waals surface area contributed by atoms with E-state index in [2.05, 4.69) is 15.9 Å². The average molecular weight is 334 g/mol. The molecular weight excluding hydrogens is 321 g/mol. The Morgan fingerprint density at radius 1 is 1.20 bits per heavy atom. The molecule has 0 aliphatic carbocycles. The van der Waals surface area contributed by atoms with Crippen LogP contribution in [0.15, 0.2) is 51.4 Å². The van der Waals surface area contributed by atoms with Crippen LogP contribution in [-0.2, 0) is 0 Å². The number of rotatable bonds is 2. The molecule has 0 aliphatic rings. The fourth-order valence-electron chi connectivity index (χ4n) is 2.17. The lowest BCUT2D eigenvalue weighted by molar-refractivity contribution is 0.522. The predicted molar refractivity (Wildman–Crippen MR) is 81.1 cm³/mol. The fraction of sp³-hybridized carbons (Fsp3) is 0.125. The van der Waals surface area contributed by atoms with Crippen molar-refractivity contribution in [2.75, 3.05) is 0 Å². The van der Waals surface area contributed by atoms with Crippen molar-refractivity contribution in [1.29, 1.82) is 0 Å². The molecule has 0 saturated heterocycles. The van der Waals surface area contributed by atoms with E-state index in [0.29, 0.717) is 16.9 Å². The SMILES string of the molecule is Cc1ccc(C(N)c2cc3cccc(Br)c3o2)cc1F. The summed E-state index contributed by atoms with van der Waals surface area (Å²) in [5, 5.41) is 0.970. The highest BCUT2D eigenvalue weighted by atomic mass is 79.9. The molecule has 0 radical (unpaired) electrons. The summed E-state index contributed by atoms with van der Waals surface area (Å²) in [5.74, 6) is 0.366. The van der Waals surface area contributed by atoms with Crippen molar-refractivity contribution in [3.63, 3.8) is 0 Å². The van der Waals surface area contributed by atoms with Crippen molar-refractivity contribution >= 4 is 26.9 Å². The zero-order valence-corrected chi connectivity index (χ0v) is 12.4. The molecule has 2 aromatic carbocycles. The maximum Gasteiger partial charge on any atom is 0.148 e. The summed E-state index contributed by atoms with van der Waals surface area (Å²) in [7, 11) is 0. The maximum atomic E-state index is 13.6. The molecule has 1 atom stereocenters. The molecule has 1 aromatic heterocycles. The average Bonchev–Trinajstić information content (AvgIpc) is 2.86. The van der Waals surface area contributed by atoms with E-state index in [1.165, 1.54) is 6.07 Å². The van der Waals surface area contributed by atoms with E-state index in [9.17, 15) is 4.39 Å². The minimum Gasteiger partial charge on any atom is -0.458 e. The van der Waals surface area contributed by atoms with Gasteiger partial charge in [-0.25, -0.2) is 4.39 Å². The van der Waals surface area contributed by atoms with Crippen molar-refractivity contribution < 1.29 is 8.81 Å². The first-order chi connectivity index (χ1) is 9.56. The van der Waals surface area contributed by atoms with Gasteiger partial charge in [0, 0.05) is 5.39 Å². The van der Waals surface area contributed by atoms with Crippen molar-refractivity contribution in [2.24, 2.45) is 5.73 Å². The number of furan rings is 1. The minimum atomic E-state index is -0.482. The highest BCUT2D eigenvalue weighted by Gasteiger charge is 2.16. The van der Waals surface area contributed by atoms with Gasteiger partial charge in [0.15, 0.2) is 0 Å². The molecule has 102 valence electrons. The van der Waals surface area contributed by atoms with Gasteiger partial charge in [0.2, 0.25) is 0 Å². The molecule has 1 unspecified atom stereocenters. The predicted octanol–water partition coefficient (Wildman–Crippen LogP) is 4.69. The van der Waals surface area contributed by atoms with E-state index < -0.39 is 6.04 Å². The monoisotopic (exact) mass is 333 g/mol. The quantitative estimate of drug-likeness (QED) is 0.738. The number of para-hydroxylation sites is 1. The molecule has 2 nitrogen and oxygen atoms in total. The topological polar surface area (TPSA) is 39.2 Å². The summed E-state index contributed by atoms with van der Waals surface area (Å²) < 4.78 is 20.3. The molecule has 0 amide bonds. The van der Waals surface area contributed by atoms with E-state index in [1.54, 1.807) is 13.0 Å². The van der Waals surface area contributed by atoms with Crippen LogP contribution in [0.2, 0.25) is 0 Å². The Morgan fingerprint density at radius 2 is 2.00 bits per heavy atom. The van der Waals surface area contributed by atoms with Crippen molar-refractivity contribution in [2.45, 2.75) is 13.0 Å². The van der Waals surface area contributed by atoms with Gasteiger partial charge < -0.3 is 10.2 Å². The molecule has 0 bridgehead atoms. The second-order valence-electron chi connectivity index (χ2n) is 4.79. The molecule has 4 heteroatoms. The van der Waals surface area contributed by atoms with E-state index in [1.807, 2.05) is 30.3 Å². The first-order valence-electron chi connectivity index (χ1n) is 6.26. The van der Waals surface area contributed by atoms with Crippen LogP contribution in [0.3, 0.4) is 0 Å². The van der Waals surface area contributed by atoms with Crippen LogP contribution in [0, 0.1) is 12.7 Å². The van der Waals surface area contributed by atoms with Gasteiger partial charge >= 0.3 is 0 Å². The second-order valence-corrected chi connectivity index (χ2v) is 5.65. The van der Waals surface area contributed by atoms with Gasteiger partial charge in [0.05, 0.1) is 10.5 Å². The Morgan fingerprint density at radius 3 is 2.70 bits per heavy atom. The van der Waals surface area contributed by atoms with Gasteiger partial charge in [0.25, 0.3) is 0 Å². The third-order valence-electron chi connectivity index (χ3n) is 3.38. The van der Waals surface area contributed by atoms with Crippen LogP contribution < -0.4 is 5.73 Å². The fourth-order valence-corrected chi connectivity index (χ4v) is 2.63. The summed E-state index contributed by atoms with van der Waals surface area (Å²) in [6, 6.07) is 12.2. The van der Waals surface area contributed by atoms with E-state index in [4.69, 9.17) is 10.2 Å². The Kier molecular flexibility index (Phi) is 3.36. The van der Waals surface area contributed by atoms with Crippen LogP contribution in [0.1, 0.15) is 22.9 Å². The maximum absolute atomic E-state index is 13.6.